The molecule has 13 rings (SSSR count). The SMILES string of the molecule is c1ccc(-c2ccc(-c3nc(-n4c5ccccc5c5c4ccc4c6ccc7oc8ccccc8c7c6n(-c6ccc(-c7ccccc7)cc6)c45)nc4ccccc34)cc2)cc1. The lowest BCUT2D eigenvalue weighted by Crippen LogP contribution is -2.03. The summed E-state index contributed by atoms with van der Waals surface area (Å²) in [4.78, 5) is 10.8. The first-order valence-electron chi connectivity index (χ1n) is 20.7. The van der Waals surface area contributed by atoms with E-state index in [9.17, 15) is 0 Å². The molecule has 0 radical (unpaired) electrons. The summed E-state index contributed by atoms with van der Waals surface area (Å²) in [6, 6.07) is 73.0. The second kappa shape index (κ2) is 13.1. The fourth-order valence-corrected chi connectivity index (χ4v) is 9.59. The number of fused-ring (bicyclic) bond motifs is 12. The maximum Gasteiger partial charge on any atom is 0.235 e. The van der Waals surface area contributed by atoms with Gasteiger partial charge in [0, 0.05) is 43.6 Å². The number of rotatable bonds is 5. The van der Waals surface area contributed by atoms with Gasteiger partial charge in [0.1, 0.15) is 11.2 Å². The van der Waals surface area contributed by atoms with Crippen LogP contribution in [0.15, 0.2) is 211 Å². The summed E-state index contributed by atoms with van der Waals surface area (Å²) < 4.78 is 11.2. The molecule has 284 valence electrons. The molecule has 0 aliphatic rings. The molecule has 0 aliphatic heterocycles. The van der Waals surface area contributed by atoms with E-state index in [1.165, 1.54) is 33.0 Å². The maximum absolute atomic E-state index is 6.52. The molecule has 0 N–H and O–H groups in total. The minimum atomic E-state index is 0.629. The number of nitrogens with zero attached hydrogens (tertiary/aromatic N) is 4. The molecule has 0 aliphatic carbocycles. The van der Waals surface area contributed by atoms with E-state index < -0.39 is 0 Å². The van der Waals surface area contributed by atoms with Gasteiger partial charge in [0.05, 0.1) is 38.7 Å². The van der Waals surface area contributed by atoms with Crippen LogP contribution in [-0.4, -0.2) is 19.1 Å². The zero-order valence-electron chi connectivity index (χ0n) is 32.8. The predicted octanol–water partition coefficient (Wildman–Crippen LogP) is 14.7. The number of aromatic nitrogens is 4. The minimum Gasteiger partial charge on any atom is -0.456 e. The number of benzene rings is 9. The highest BCUT2D eigenvalue weighted by atomic mass is 16.3. The lowest BCUT2D eigenvalue weighted by molar-refractivity contribution is 0.669. The largest absolute Gasteiger partial charge is 0.456 e. The zero-order valence-corrected chi connectivity index (χ0v) is 32.8. The Kier molecular flexibility index (Phi) is 7.24. The van der Waals surface area contributed by atoms with Crippen molar-refractivity contribution in [2.45, 2.75) is 0 Å². The zero-order chi connectivity index (χ0) is 40.0. The molecule has 4 aromatic heterocycles. The highest BCUT2D eigenvalue weighted by Gasteiger charge is 2.25. The van der Waals surface area contributed by atoms with E-state index in [0.29, 0.717) is 5.95 Å². The van der Waals surface area contributed by atoms with Crippen molar-refractivity contribution in [1.82, 2.24) is 19.1 Å². The number of hydrogen-bond acceptors (Lipinski definition) is 3. The topological polar surface area (TPSA) is 48.8 Å². The lowest BCUT2D eigenvalue weighted by Gasteiger charge is -2.13. The van der Waals surface area contributed by atoms with Crippen molar-refractivity contribution in [3.8, 4) is 45.1 Å². The van der Waals surface area contributed by atoms with E-state index in [1.54, 1.807) is 0 Å². The maximum atomic E-state index is 6.52. The molecule has 4 heterocycles. The van der Waals surface area contributed by atoms with E-state index in [4.69, 9.17) is 14.4 Å². The Morgan fingerprint density at radius 2 is 0.885 bits per heavy atom. The Morgan fingerprint density at radius 3 is 1.62 bits per heavy atom. The summed E-state index contributed by atoms with van der Waals surface area (Å²) >= 11 is 0. The van der Waals surface area contributed by atoms with Crippen LogP contribution in [0.1, 0.15) is 0 Å². The highest BCUT2D eigenvalue weighted by Crippen LogP contribution is 2.46. The molecule has 61 heavy (non-hydrogen) atoms. The molecule has 0 atom stereocenters. The third kappa shape index (κ3) is 5.08. The van der Waals surface area contributed by atoms with Crippen LogP contribution in [0.3, 0.4) is 0 Å². The first-order chi connectivity index (χ1) is 30.3. The average molecular weight is 779 g/mol. The van der Waals surface area contributed by atoms with Crippen LogP contribution >= 0.6 is 0 Å². The van der Waals surface area contributed by atoms with Gasteiger partial charge in [0.2, 0.25) is 5.95 Å². The van der Waals surface area contributed by atoms with Crippen LogP contribution in [0, 0.1) is 0 Å². The summed E-state index contributed by atoms with van der Waals surface area (Å²) in [7, 11) is 0. The van der Waals surface area contributed by atoms with Gasteiger partial charge in [-0.1, -0.05) is 158 Å². The van der Waals surface area contributed by atoms with Crippen molar-refractivity contribution in [2.24, 2.45) is 0 Å². The van der Waals surface area contributed by atoms with Gasteiger partial charge in [-0.2, -0.15) is 0 Å². The number of para-hydroxylation sites is 3. The van der Waals surface area contributed by atoms with Gasteiger partial charge in [0.25, 0.3) is 0 Å². The molecular formula is C56H34N4O. The number of furan rings is 1. The molecule has 0 spiro atoms. The summed E-state index contributed by atoms with van der Waals surface area (Å²) in [5.41, 5.74) is 14.7. The van der Waals surface area contributed by atoms with Crippen molar-refractivity contribution < 1.29 is 4.42 Å². The summed E-state index contributed by atoms with van der Waals surface area (Å²) in [6.45, 7) is 0. The third-order valence-electron chi connectivity index (χ3n) is 12.4. The van der Waals surface area contributed by atoms with Gasteiger partial charge < -0.3 is 8.98 Å². The van der Waals surface area contributed by atoms with Gasteiger partial charge in [-0.25, -0.2) is 9.97 Å². The molecule has 0 fully saturated rings. The van der Waals surface area contributed by atoms with E-state index in [2.05, 4.69) is 209 Å². The van der Waals surface area contributed by atoms with Gasteiger partial charge >= 0.3 is 0 Å². The molecular weight excluding hydrogens is 745 g/mol. The normalized spacial score (nSPS) is 11.9. The first kappa shape index (κ1) is 33.7. The quantitative estimate of drug-likeness (QED) is 0.175. The second-order valence-electron chi connectivity index (χ2n) is 15.7. The van der Waals surface area contributed by atoms with Crippen molar-refractivity contribution in [1.29, 1.82) is 0 Å². The number of hydrogen-bond donors (Lipinski definition) is 0. The van der Waals surface area contributed by atoms with Gasteiger partial charge in [-0.15, -0.1) is 0 Å². The third-order valence-corrected chi connectivity index (χ3v) is 12.4. The molecule has 5 heteroatoms. The van der Waals surface area contributed by atoms with E-state index in [0.717, 1.165) is 82.6 Å². The van der Waals surface area contributed by atoms with Crippen LogP contribution in [0.4, 0.5) is 0 Å². The monoisotopic (exact) mass is 778 g/mol. The fraction of sp³-hybridized carbons (Fsp3) is 0. The Labute approximate surface area is 350 Å². The second-order valence-corrected chi connectivity index (χ2v) is 15.7. The van der Waals surface area contributed by atoms with Crippen LogP contribution in [-0.2, 0) is 0 Å². The Balaban J connectivity index is 1.11. The molecule has 0 saturated heterocycles. The van der Waals surface area contributed by atoms with Crippen molar-refractivity contribution in [3.63, 3.8) is 0 Å². The molecule has 0 bridgehead atoms. The van der Waals surface area contributed by atoms with Crippen LogP contribution in [0.5, 0.6) is 0 Å². The smallest absolute Gasteiger partial charge is 0.235 e. The van der Waals surface area contributed by atoms with Gasteiger partial charge in [-0.05, 0) is 70.8 Å². The molecule has 9 aromatic carbocycles. The Hall–Kier alpha value is -8.28. The minimum absolute atomic E-state index is 0.629. The molecule has 13 aromatic rings. The summed E-state index contributed by atoms with van der Waals surface area (Å²) in [6.07, 6.45) is 0. The Morgan fingerprint density at radius 1 is 0.328 bits per heavy atom. The van der Waals surface area contributed by atoms with Crippen molar-refractivity contribution >= 4 is 76.5 Å². The first-order valence-corrected chi connectivity index (χ1v) is 20.7. The average Bonchev–Trinajstić information content (AvgIpc) is 3.99. The molecule has 5 nitrogen and oxygen atoms in total. The molecule has 0 unspecified atom stereocenters. The summed E-state index contributed by atoms with van der Waals surface area (Å²) in [5, 5.41) is 7.83. The molecule has 0 amide bonds. The highest BCUT2D eigenvalue weighted by molar-refractivity contribution is 6.30. The van der Waals surface area contributed by atoms with Crippen molar-refractivity contribution in [2.75, 3.05) is 0 Å². The van der Waals surface area contributed by atoms with Gasteiger partial charge in [-0.3, -0.25) is 4.57 Å². The van der Waals surface area contributed by atoms with Gasteiger partial charge in [0.15, 0.2) is 0 Å². The van der Waals surface area contributed by atoms with Crippen LogP contribution < -0.4 is 0 Å². The molecule has 0 saturated carbocycles. The van der Waals surface area contributed by atoms with Crippen molar-refractivity contribution in [3.05, 3.63) is 206 Å². The van der Waals surface area contributed by atoms with Crippen LogP contribution in [0.25, 0.3) is 122 Å². The van der Waals surface area contributed by atoms with E-state index in [1.807, 2.05) is 6.07 Å². The summed E-state index contributed by atoms with van der Waals surface area (Å²) in [5.74, 6) is 0.629. The van der Waals surface area contributed by atoms with E-state index in [-0.39, 0.29) is 0 Å². The Bertz CT molecular complexity index is 3840. The predicted molar refractivity (Wildman–Crippen MR) is 252 cm³/mol. The standard InChI is InChI=1S/C56H34N4O/c1-3-13-35(14-4-1)37-23-25-39(26-24-37)53-43-17-7-10-20-46(43)57-56(58-53)60-47-21-11-8-18-44(47)51-48(60)33-31-41-42-32-34-50-52(45-19-9-12-22-49(45)61-50)55(42)59(54(41)51)40-29-27-38(28-30-40)36-15-5-2-6-16-36/h1-34H. The van der Waals surface area contributed by atoms with Crippen LogP contribution in [0.2, 0.25) is 0 Å². The fourth-order valence-electron chi connectivity index (χ4n) is 9.59. The van der Waals surface area contributed by atoms with E-state index >= 15 is 0 Å². The lowest BCUT2D eigenvalue weighted by atomic mass is 10.0.